The van der Waals surface area contributed by atoms with Crippen molar-refractivity contribution in [2.75, 3.05) is 37.0 Å². The van der Waals surface area contributed by atoms with E-state index in [1.807, 2.05) is 45.0 Å². The minimum atomic E-state index is -0.546. The van der Waals surface area contributed by atoms with Gasteiger partial charge in [-0.3, -0.25) is 9.69 Å². The number of carbonyl (C=O) groups is 2. The Labute approximate surface area is 216 Å². The zero-order valence-electron chi connectivity index (χ0n) is 21.6. The van der Waals surface area contributed by atoms with Crippen molar-refractivity contribution in [3.8, 4) is 5.75 Å². The number of nitrogens with one attached hydrogen (secondary N) is 1. The maximum Gasteiger partial charge on any atom is 0.414 e. The van der Waals surface area contributed by atoms with E-state index in [0.717, 1.165) is 45.6 Å². The smallest absolute Gasteiger partial charge is 0.414 e. The second-order valence-corrected chi connectivity index (χ2v) is 10.3. The van der Waals surface area contributed by atoms with Crippen molar-refractivity contribution in [1.29, 1.82) is 0 Å². The Hall–Kier alpha value is -4.14. The molecule has 2 aliphatic heterocycles. The van der Waals surface area contributed by atoms with E-state index in [0.29, 0.717) is 25.5 Å². The zero-order chi connectivity index (χ0) is 26.3. The van der Waals surface area contributed by atoms with Crippen LogP contribution in [0.3, 0.4) is 0 Å². The van der Waals surface area contributed by atoms with Crippen LogP contribution in [0.25, 0.3) is 10.9 Å². The number of anilines is 3. The van der Waals surface area contributed by atoms with Crippen molar-refractivity contribution in [1.82, 2.24) is 14.9 Å². The fourth-order valence-electron chi connectivity index (χ4n) is 4.80. The van der Waals surface area contributed by atoms with Gasteiger partial charge in [0.2, 0.25) is 5.91 Å². The molecule has 5 rings (SSSR count). The van der Waals surface area contributed by atoms with Gasteiger partial charge in [0.25, 0.3) is 0 Å². The molecule has 2 aromatic carbocycles. The molecule has 9 heteroatoms. The van der Waals surface area contributed by atoms with Gasteiger partial charge in [-0.25, -0.2) is 14.8 Å². The summed E-state index contributed by atoms with van der Waals surface area (Å²) in [6.45, 7) is 11.0. The van der Waals surface area contributed by atoms with Crippen LogP contribution in [-0.4, -0.2) is 59.2 Å². The molecule has 0 saturated carbocycles. The molecule has 1 N–H and O–H groups in total. The van der Waals surface area contributed by atoms with Crippen LogP contribution in [0, 0.1) is 0 Å². The highest BCUT2D eigenvalue weighted by atomic mass is 16.6. The third-order valence-electron chi connectivity index (χ3n) is 6.65. The highest BCUT2D eigenvalue weighted by Crippen LogP contribution is 2.38. The van der Waals surface area contributed by atoms with Crippen molar-refractivity contribution in [3.63, 3.8) is 0 Å². The molecule has 3 heterocycles. The number of fused-ring (bicyclic) bond motifs is 2. The van der Waals surface area contributed by atoms with Gasteiger partial charge >= 0.3 is 6.09 Å². The standard InChI is InChI=1S/C28H31N5O4/c1-6-25(34)32-14-18(15-32)20-12-21-22(13-24(20)36-5)29-16-30-26(21)31-19-7-8-23-17(11-19)9-10-33(23)27(35)37-28(2,3)4/h6-8,11-13,16,18H,1,9-10,14-15H2,2-5H3,(H,29,30,31). The van der Waals surface area contributed by atoms with Gasteiger partial charge < -0.3 is 19.7 Å². The number of rotatable bonds is 5. The number of amides is 2. The lowest BCUT2D eigenvalue weighted by Crippen LogP contribution is -2.47. The Morgan fingerprint density at radius 1 is 1.16 bits per heavy atom. The van der Waals surface area contributed by atoms with Gasteiger partial charge in [0.1, 0.15) is 23.5 Å². The lowest BCUT2D eigenvalue weighted by atomic mass is 9.89. The van der Waals surface area contributed by atoms with E-state index in [4.69, 9.17) is 9.47 Å². The summed E-state index contributed by atoms with van der Waals surface area (Å²) in [6.07, 6.45) is 3.28. The third-order valence-corrected chi connectivity index (χ3v) is 6.65. The first kappa shape index (κ1) is 24.5. The minimum Gasteiger partial charge on any atom is -0.496 e. The number of ether oxygens (including phenoxy) is 2. The molecule has 1 fully saturated rings. The van der Waals surface area contributed by atoms with Gasteiger partial charge in [-0.05, 0) is 63.1 Å². The van der Waals surface area contributed by atoms with E-state index >= 15 is 0 Å². The first-order valence-corrected chi connectivity index (χ1v) is 12.3. The average molecular weight is 502 g/mol. The van der Waals surface area contributed by atoms with Gasteiger partial charge in [0.05, 0.1) is 18.3 Å². The molecule has 0 spiro atoms. The zero-order valence-corrected chi connectivity index (χ0v) is 21.6. The lowest BCUT2D eigenvalue weighted by molar-refractivity contribution is -0.130. The van der Waals surface area contributed by atoms with Crippen LogP contribution in [0.15, 0.2) is 49.3 Å². The molecule has 0 bridgehead atoms. The van der Waals surface area contributed by atoms with Crippen LogP contribution in [-0.2, 0) is 16.0 Å². The van der Waals surface area contributed by atoms with Crippen LogP contribution < -0.4 is 15.0 Å². The predicted molar refractivity (Wildman–Crippen MR) is 143 cm³/mol. The Bertz CT molecular complexity index is 1390. The van der Waals surface area contributed by atoms with Crippen LogP contribution in [0.5, 0.6) is 5.75 Å². The van der Waals surface area contributed by atoms with Gasteiger partial charge in [-0.1, -0.05) is 6.58 Å². The molecule has 1 aromatic heterocycles. The Balaban J connectivity index is 1.41. The molecule has 3 aromatic rings. The highest BCUT2D eigenvalue weighted by Gasteiger charge is 2.33. The molecule has 0 unspecified atom stereocenters. The van der Waals surface area contributed by atoms with Crippen molar-refractivity contribution in [3.05, 3.63) is 60.4 Å². The largest absolute Gasteiger partial charge is 0.496 e. The second kappa shape index (κ2) is 9.38. The molecule has 2 aliphatic rings. The molecular weight excluding hydrogens is 470 g/mol. The van der Waals surface area contributed by atoms with E-state index in [1.54, 1.807) is 16.9 Å². The maximum atomic E-state index is 12.6. The van der Waals surface area contributed by atoms with E-state index in [-0.39, 0.29) is 17.9 Å². The van der Waals surface area contributed by atoms with Gasteiger partial charge in [0.15, 0.2) is 0 Å². The number of benzene rings is 2. The maximum absolute atomic E-state index is 12.6. The lowest BCUT2D eigenvalue weighted by Gasteiger charge is -2.39. The molecular formula is C28H31N5O4. The molecule has 0 atom stereocenters. The second-order valence-electron chi connectivity index (χ2n) is 10.3. The summed E-state index contributed by atoms with van der Waals surface area (Å²) in [5.74, 6) is 1.51. The highest BCUT2D eigenvalue weighted by molar-refractivity contribution is 5.94. The summed E-state index contributed by atoms with van der Waals surface area (Å²) in [5.41, 5.74) is 4.03. The number of carbonyl (C=O) groups excluding carboxylic acids is 2. The minimum absolute atomic E-state index is 0.0662. The first-order valence-electron chi connectivity index (χ1n) is 12.3. The van der Waals surface area contributed by atoms with Gasteiger partial charge in [0, 0.05) is 48.3 Å². The predicted octanol–water partition coefficient (Wildman–Crippen LogP) is 4.79. The summed E-state index contributed by atoms with van der Waals surface area (Å²) >= 11 is 0. The summed E-state index contributed by atoms with van der Waals surface area (Å²) < 4.78 is 11.2. The first-order chi connectivity index (χ1) is 17.7. The molecule has 1 saturated heterocycles. The van der Waals surface area contributed by atoms with Crippen molar-refractivity contribution >= 4 is 40.1 Å². The van der Waals surface area contributed by atoms with E-state index < -0.39 is 5.60 Å². The number of likely N-dealkylation sites (tertiary alicyclic amines) is 1. The number of aromatic nitrogens is 2. The van der Waals surface area contributed by atoms with Crippen LogP contribution in [0.1, 0.15) is 37.8 Å². The summed E-state index contributed by atoms with van der Waals surface area (Å²) in [7, 11) is 1.64. The van der Waals surface area contributed by atoms with Crippen molar-refractivity contribution in [2.24, 2.45) is 0 Å². The van der Waals surface area contributed by atoms with Crippen molar-refractivity contribution < 1.29 is 19.1 Å². The van der Waals surface area contributed by atoms with E-state index in [2.05, 4.69) is 27.9 Å². The summed E-state index contributed by atoms with van der Waals surface area (Å²) in [4.78, 5) is 36.9. The Kier molecular flexibility index (Phi) is 6.23. The van der Waals surface area contributed by atoms with E-state index in [1.165, 1.54) is 12.4 Å². The number of hydrogen-bond acceptors (Lipinski definition) is 7. The molecule has 37 heavy (non-hydrogen) atoms. The fraction of sp³-hybridized carbons (Fsp3) is 0.357. The molecule has 0 radical (unpaired) electrons. The Morgan fingerprint density at radius 3 is 2.65 bits per heavy atom. The van der Waals surface area contributed by atoms with Crippen LogP contribution in [0.2, 0.25) is 0 Å². The molecule has 192 valence electrons. The topological polar surface area (TPSA) is 96.9 Å². The SMILES string of the molecule is C=CC(=O)N1CC(c2cc3c(Nc4ccc5c(c4)CCN5C(=O)OC(C)(C)C)ncnc3cc2OC)C1. The van der Waals surface area contributed by atoms with E-state index in [9.17, 15) is 9.59 Å². The normalized spacial score (nSPS) is 15.2. The number of hydrogen-bond donors (Lipinski definition) is 1. The van der Waals surface area contributed by atoms with Gasteiger partial charge in [-0.15, -0.1) is 0 Å². The summed E-state index contributed by atoms with van der Waals surface area (Å²) in [6, 6.07) is 9.88. The van der Waals surface area contributed by atoms with Crippen molar-refractivity contribution in [2.45, 2.75) is 38.7 Å². The fourth-order valence-corrected chi connectivity index (χ4v) is 4.80. The van der Waals surface area contributed by atoms with Crippen LogP contribution >= 0.6 is 0 Å². The third kappa shape index (κ3) is 4.81. The monoisotopic (exact) mass is 501 g/mol. The summed E-state index contributed by atoms with van der Waals surface area (Å²) in [5, 5.41) is 4.29. The molecule has 0 aliphatic carbocycles. The Morgan fingerprint density at radius 2 is 1.95 bits per heavy atom. The number of methoxy groups -OCH3 is 1. The molecule has 2 amide bonds. The molecule has 9 nitrogen and oxygen atoms in total. The quantitative estimate of drug-likeness (QED) is 0.502. The van der Waals surface area contributed by atoms with Gasteiger partial charge in [-0.2, -0.15) is 0 Å². The van der Waals surface area contributed by atoms with Crippen LogP contribution in [0.4, 0.5) is 22.0 Å². The average Bonchev–Trinajstić information content (AvgIpc) is 3.25. The number of nitrogens with zero attached hydrogens (tertiary/aromatic N) is 4.